The quantitative estimate of drug-likeness (QED) is 0.648. The lowest BCUT2D eigenvalue weighted by atomic mass is 10.2. The van der Waals surface area contributed by atoms with E-state index in [1.807, 2.05) is 4.90 Å². The van der Waals surface area contributed by atoms with Gasteiger partial charge in [0.1, 0.15) is 11.9 Å². The Balaban J connectivity index is 1.70. The molecule has 0 spiro atoms. The van der Waals surface area contributed by atoms with Crippen molar-refractivity contribution in [2.45, 2.75) is 13.0 Å². The number of rotatable bonds is 4. The molecule has 0 saturated carbocycles. The van der Waals surface area contributed by atoms with Gasteiger partial charge in [0, 0.05) is 20.0 Å². The summed E-state index contributed by atoms with van der Waals surface area (Å²) in [5.41, 5.74) is 0.837. The molecule has 25 heavy (non-hydrogen) atoms. The number of nitrogens with zero attached hydrogens (tertiary/aromatic N) is 3. The normalized spacial score (nSPS) is 20.6. The Hall–Kier alpha value is -2.39. The maximum atomic E-state index is 14.5. The molecule has 2 heterocycles. The molecule has 1 aromatic carbocycles. The molecule has 2 fully saturated rings. The van der Waals surface area contributed by atoms with Gasteiger partial charge in [0.25, 0.3) is 0 Å². The van der Waals surface area contributed by atoms with Gasteiger partial charge >= 0.3 is 6.09 Å². The van der Waals surface area contributed by atoms with Crippen LogP contribution in [-0.4, -0.2) is 67.8 Å². The minimum Gasteiger partial charge on any atom is -0.442 e. The van der Waals surface area contributed by atoms with Crippen molar-refractivity contribution in [2.75, 3.05) is 49.2 Å². The molecule has 9 heteroatoms. The highest BCUT2D eigenvalue weighted by Gasteiger charge is 2.34. The van der Waals surface area contributed by atoms with Gasteiger partial charge in [-0.15, -0.1) is 0 Å². The summed E-state index contributed by atoms with van der Waals surface area (Å²) in [7, 11) is 0. The summed E-state index contributed by atoms with van der Waals surface area (Å²) in [5.74, 6) is -0.974. The summed E-state index contributed by atoms with van der Waals surface area (Å²) in [6.45, 7) is 3.52. The topological polar surface area (TPSA) is 82.6 Å². The Morgan fingerprint density at radius 2 is 2.12 bits per heavy atom. The predicted molar refractivity (Wildman–Crippen MR) is 86.2 cm³/mol. The van der Waals surface area contributed by atoms with Crippen LogP contribution in [0.1, 0.15) is 6.92 Å². The van der Waals surface area contributed by atoms with Crippen LogP contribution in [0.15, 0.2) is 18.2 Å². The van der Waals surface area contributed by atoms with Crippen molar-refractivity contribution >= 4 is 23.4 Å². The third-order valence-corrected chi connectivity index (χ3v) is 4.21. The monoisotopic (exact) mass is 353 g/mol. The van der Waals surface area contributed by atoms with Crippen molar-refractivity contribution in [3.8, 4) is 0 Å². The fourth-order valence-electron chi connectivity index (χ4n) is 2.87. The van der Waals surface area contributed by atoms with Gasteiger partial charge < -0.3 is 14.4 Å². The number of carbonyl (C=O) groups excluding carboxylic acids is 2. The standard InChI is InChI=1S/C16H20FN3O5/c1-11(21)20(23)10-13-9-19(16(22)25-13)12-2-3-15(14(17)8-12)18-4-6-24-7-5-18/h2-3,8,13,23H,4-7,9-10H2,1H3/t13-/m0/s1. The third kappa shape index (κ3) is 3.83. The molecule has 0 bridgehead atoms. The summed E-state index contributed by atoms with van der Waals surface area (Å²) in [5, 5.41) is 9.94. The Bertz CT molecular complexity index is 665. The van der Waals surface area contributed by atoms with Gasteiger partial charge in [0.2, 0.25) is 5.91 Å². The fraction of sp³-hybridized carbons (Fsp3) is 0.500. The van der Waals surface area contributed by atoms with Gasteiger partial charge in [-0.1, -0.05) is 0 Å². The second-order valence-corrected chi connectivity index (χ2v) is 5.95. The van der Waals surface area contributed by atoms with Crippen LogP contribution in [0.25, 0.3) is 0 Å². The predicted octanol–water partition coefficient (Wildman–Crippen LogP) is 1.23. The van der Waals surface area contributed by atoms with Crippen LogP contribution < -0.4 is 9.80 Å². The molecule has 1 aromatic rings. The van der Waals surface area contributed by atoms with E-state index in [-0.39, 0.29) is 13.1 Å². The number of amides is 2. The highest BCUT2D eigenvalue weighted by Crippen LogP contribution is 2.28. The van der Waals surface area contributed by atoms with Gasteiger partial charge in [-0.25, -0.2) is 14.2 Å². The molecular weight excluding hydrogens is 333 g/mol. The first-order valence-electron chi connectivity index (χ1n) is 8.03. The van der Waals surface area contributed by atoms with Crippen LogP contribution in [0, 0.1) is 5.82 Å². The molecule has 0 radical (unpaired) electrons. The van der Waals surface area contributed by atoms with Crippen molar-refractivity contribution in [1.29, 1.82) is 0 Å². The number of ether oxygens (including phenoxy) is 2. The summed E-state index contributed by atoms with van der Waals surface area (Å²) in [4.78, 5) is 26.2. The molecule has 1 N–H and O–H groups in total. The number of hydroxylamine groups is 2. The smallest absolute Gasteiger partial charge is 0.414 e. The number of anilines is 2. The van der Waals surface area contributed by atoms with E-state index in [4.69, 9.17) is 9.47 Å². The second-order valence-electron chi connectivity index (χ2n) is 5.95. The lowest BCUT2D eigenvalue weighted by Crippen LogP contribution is -2.37. The van der Waals surface area contributed by atoms with E-state index in [0.717, 1.165) is 0 Å². The average molecular weight is 353 g/mol. The highest BCUT2D eigenvalue weighted by molar-refractivity contribution is 5.90. The SMILES string of the molecule is CC(=O)N(O)C[C@@H]1CN(c2ccc(N3CCOCC3)c(F)c2)C(=O)O1. The van der Waals surface area contributed by atoms with Gasteiger partial charge in [-0.3, -0.25) is 14.9 Å². The average Bonchev–Trinajstić information content (AvgIpc) is 2.95. The zero-order chi connectivity index (χ0) is 18.0. The van der Waals surface area contributed by atoms with Gasteiger partial charge in [0.15, 0.2) is 0 Å². The van der Waals surface area contributed by atoms with E-state index in [1.54, 1.807) is 12.1 Å². The summed E-state index contributed by atoms with van der Waals surface area (Å²) in [6, 6.07) is 4.57. The van der Waals surface area contributed by atoms with E-state index in [0.29, 0.717) is 42.7 Å². The van der Waals surface area contributed by atoms with Crippen LogP contribution in [0.5, 0.6) is 0 Å². The first kappa shape index (κ1) is 17.4. The number of carbonyl (C=O) groups is 2. The zero-order valence-electron chi connectivity index (χ0n) is 13.9. The third-order valence-electron chi connectivity index (χ3n) is 4.21. The summed E-state index contributed by atoms with van der Waals surface area (Å²) < 4.78 is 24.9. The Morgan fingerprint density at radius 1 is 1.40 bits per heavy atom. The van der Waals surface area contributed by atoms with E-state index >= 15 is 0 Å². The molecule has 2 aliphatic rings. The first-order valence-corrected chi connectivity index (χ1v) is 8.03. The number of halogens is 1. The molecule has 2 amide bonds. The van der Waals surface area contributed by atoms with Gasteiger partial charge in [0.05, 0.1) is 37.7 Å². The van der Waals surface area contributed by atoms with E-state index in [1.165, 1.54) is 17.9 Å². The fourth-order valence-corrected chi connectivity index (χ4v) is 2.87. The zero-order valence-corrected chi connectivity index (χ0v) is 13.9. The minimum atomic E-state index is -0.677. The van der Waals surface area contributed by atoms with Crippen molar-refractivity contribution < 1.29 is 28.7 Å². The van der Waals surface area contributed by atoms with E-state index in [2.05, 4.69) is 0 Å². The molecule has 136 valence electrons. The van der Waals surface area contributed by atoms with Crippen LogP contribution >= 0.6 is 0 Å². The van der Waals surface area contributed by atoms with Crippen molar-refractivity contribution in [3.63, 3.8) is 0 Å². The lowest BCUT2D eigenvalue weighted by molar-refractivity contribution is -0.166. The van der Waals surface area contributed by atoms with Gasteiger partial charge in [-0.05, 0) is 18.2 Å². The lowest BCUT2D eigenvalue weighted by Gasteiger charge is -2.29. The van der Waals surface area contributed by atoms with Gasteiger partial charge in [-0.2, -0.15) is 0 Å². The van der Waals surface area contributed by atoms with E-state index in [9.17, 15) is 19.2 Å². The molecule has 2 aliphatic heterocycles. The molecular formula is C16H20FN3O5. The molecule has 8 nitrogen and oxygen atoms in total. The molecule has 1 atom stereocenters. The van der Waals surface area contributed by atoms with Crippen molar-refractivity contribution in [2.24, 2.45) is 0 Å². The largest absolute Gasteiger partial charge is 0.442 e. The first-order chi connectivity index (χ1) is 12.0. The Kier molecular flexibility index (Phi) is 5.05. The van der Waals surface area contributed by atoms with Crippen LogP contribution in [0.3, 0.4) is 0 Å². The van der Waals surface area contributed by atoms with Crippen LogP contribution in [0.2, 0.25) is 0 Å². The number of hydrogen-bond donors (Lipinski definition) is 1. The molecule has 0 aliphatic carbocycles. The highest BCUT2D eigenvalue weighted by atomic mass is 19.1. The van der Waals surface area contributed by atoms with Crippen LogP contribution in [0.4, 0.5) is 20.6 Å². The number of hydrogen-bond acceptors (Lipinski definition) is 6. The van der Waals surface area contributed by atoms with E-state index < -0.39 is 23.9 Å². The summed E-state index contributed by atoms with van der Waals surface area (Å²) in [6.07, 6.45) is -1.32. The Morgan fingerprint density at radius 3 is 2.76 bits per heavy atom. The van der Waals surface area contributed by atoms with Crippen LogP contribution in [-0.2, 0) is 14.3 Å². The Labute approximate surface area is 144 Å². The maximum absolute atomic E-state index is 14.5. The summed E-state index contributed by atoms with van der Waals surface area (Å²) >= 11 is 0. The van der Waals surface area contributed by atoms with Crippen molar-refractivity contribution in [1.82, 2.24) is 5.06 Å². The number of benzene rings is 1. The maximum Gasteiger partial charge on any atom is 0.414 e. The molecule has 2 saturated heterocycles. The van der Waals surface area contributed by atoms with Crippen molar-refractivity contribution in [3.05, 3.63) is 24.0 Å². The molecule has 0 aromatic heterocycles. The molecule has 0 unspecified atom stereocenters. The molecule has 3 rings (SSSR count). The number of cyclic esters (lactones) is 1. The number of morpholine rings is 1. The minimum absolute atomic E-state index is 0.125. The second kappa shape index (κ2) is 7.24.